The molecule has 1 heterocycles. The van der Waals surface area contributed by atoms with Crippen LogP contribution in [0, 0.1) is 0 Å². The zero-order chi connectivity index (χ0) is 12.0. The Bertz CT molecular complexity index is 409. The van der Waals surface area contributed by atoms with Gasteiger partial charge in [-0.3, -0.25) is 4.79 Å². The Labute approximate surface area is 95.0 Å². The Morgan fingerprint density at radius 3 is 2.62 bits per heavy atom. The summed E-state index contributed by atoms with van der Waals surface area (Å²) in [6, 6.07) is 9.05. The highest BCUT2D eigenvalue weighted by atomic mass is 16.3. The second-order valence-corrected chi connectivity index (χ2v) is 3.65. The number of hydrogen-bond acceptors (Lipinski definition) is 3. The van der Waals surface area contributed by atoms with E-state index >= 15 is 0 Å². The summed E-state index contributed by atoms with van der Waals surface area (Å²) in [5.74, 6) is -0.377. The molecule has 0 aliphatic rings. The molecule has 16 heavy (non-hydrogen) atoms. The molecule has 0 unspecified atom stereocenters. The van der Waals surface area contributed by atoms with Crippen molar-refractivity contribution in [2.45, 2.75) is 6.54 Å². The van der Waals surface area contributed by atoms with E-state index in [9.17, 15) is 4.79 Å². The zero-order valence-corrected chi connectivity index (χ0v) is 9.51. The molecular weight excluding hydrogens is 204 g/mol. The summed E-state index contributed by atoms with van der Waals surface area (Å²) >= 11 is 0. The Hall–Kier alpha value is -1.81. The molecule has 0 fully saturated rings. The first-order valence-electron chi connectivity index (χ1n) is 4.95. The lowest BCUT2D eigenvalue weighted by Gasteiger charge is -2.09. The van der Waals surface area contributed by atoms with Crippen molar-refractivity contribution >= 4 is 5.91 Å². The number of carbonyl (C=O) groups is 1. The minimum Gasteiger partial charge on any atom is -0.459 e. The van der Waals surface area contributed by atoms with Crippen molar-refractivity contribution in [1.82, 2.24) is 4.90 Å². The second kappa shape index (κ2) is 5.92. The molecule has 0 saturated carbocycles. The minimum absolute atomic E-state index is 0.185. The Balaban J connectivity index is 3.31. The summed E-state index contributed by atoms with van der Waals surface area (Å²) in [4.78, 5) is 13.2. The topological polar surface area (TPSA) is 59.5 Å². The van der Waals surface area contributed by atoms with E-state index in [1.807, 2.05) is 43.3 Å². The predicted octanol–water partition coefficient (Wildman–Crippen LogP) is 1.56. The van der Waals surface area contributed by atoms with Gasteiger partial charge in [0.15, 0.2) is 5.76 Å². The first-order valence-corrected chi connectivity index (χ1v) is 4.95. The van der Waals surface area contributed by atoms with Crippen LogP contribution in [0.2, 0.25) is 0 Å². The zero-order valence-electron chi connectivity index (χ0n) is 9.51. The third-order valence-electron chi connectivity index (χ3n) is 1.90. The molecule has 4 heteroatoms. The van der Waals surface area contributed by atoms with E-state index in [0.29, 0.717) is 6.54 Å². The second-order valence-electron chi connectivity index (χ2n) is 3.65. The van der Waals surface area contributed by atoms with Crippen LogP contribution in [-0.4, -0.2) is 24.9 Å². The Morgan fingerprint density at radius 2 is 2.00 bits per heavy atom. The van der Waals surface area contributed by atoms with Crippen molar-refractivity contribution in [1.29, 1.82) is 0 Å². The van der Waals surface area contributed by atoms with Crippen LogP contribution in [0.4, 0.5) is 0 Å². The lowest BCUT2D eigenvalue weighted by molar-refractivity contribution is 0.0969. The molecule has 1 aromatic rings. The third-order valence-corrected chi connectivity index (χ3v) is 1.90. The van der Waals surface area contributed by atoms with Gasteiger partial charge in [0.1, 0.15) is 0 Å². The van der Waals surface area contributed by atoms with Crippen molar-refractivity contribution in [2.24, 2.45) is 5.73 Å². The molecular formula is C12H16N2O2. The van der Waals surface area contributed by atoms with E-state index in [4.69, 9.17) is 10.2 Å². The first kappa shape index (κ1) is 12.3. The maximum atomic E-state index is 11.3. The van der Waals surface area contributed by atoms with Crippen LogP contribution in [-0.2, 0) is 6.54 Å². The highest BCUT2D eigenvalue weighted by molar-refractivity contribution is 5.91. The van der Waals surface area contributed by atoms with Gasteiger partial charge < -0.3 is 15.1 Å². The molecule has 0 aliphatic carbocycles. The maximum Gasteiger partial charge on any atom is 0.284 e. The molecule has 0 saturated heterocycles. The van der Waals surface area contributed by atoms with Gasteiger partial charge in [-0.15, -0.1) is 0 Å². The summed E-state index contributed by atoms with van der Waals surface area (Å²) in [6.45, 7) is 0.594. The summed E-state index contributed by atoms with van der Waals surface area (Å²) in [6.07, 6.45) is 1.44. The molecule has 0 aliphatic heterocycles. The van der Waals surface area contributed by atoms with Crippen LogP contribution in [0.25, 0.3) is 0 Å². The normalized spacial score (nSPS) is 9.94. The van der Waals surface area contributed by atoms with Crippen molar-refractivity contribution in [2.75, 3.05) is 14.1 Å². The van der Waals surface area contributed by atoms with Gasteiger partial charge in [-0.05, 0) is 20.2 Å². The van der Waals surface area contributed by atoms with Gasteiger partial charge in [-0.1, -0.05) is 24.3 Å². The highest BCUT2D eigenvalue weighted by Crippen LogP contribution is 2.07. The molecule has 0 aromatic carbocycles. The molecule has 1 amide bonds. The van der Waals surface area contributed by atoms with Gasteiger partial charge >= 0.3 is 0 Å². The monoisotopic (exact) mass is 220 g/mol. The van der Waals surface area contributed by atoms with E-state index in [0.717, 1.165) is 5.56 Å². The molecule has 0 atom stereocenters. The fourth-order valence-electron chi connectivity index (χ4n) is 1.29. The molecule has 0 bridgehead atoms. The van der Waals surface area contributed by atoms with Crippen LogP contribution >= 0.6 is 0 Å². The molecule has 86 valence electrons. The number of amides is 1. The van der Waals surface area contributed by atoms with Gasteiger partial charge in [-0.25, -0.2) is 0 Å². The highest BCUT2D eigenvalue weighted by Gasteiger charge is 2.08. The third kappa shape index (κ3) is 3.74. The Morgan fingerprint density at radius 1 is 1.31 bits per heavy atom. The molecule has 0 radical (unpaired) electrons. The molecule has 0 spiro atoms. The van der Waals surface area contributed by atoms with Crippen LogP contribution in [0.1, 0.15) is 16.1 Å². The van der Waals surface area contributed by atoms with Crippen molar-refractivity contribution < 1.29 is 9.21 Å². The smallest absolute Gasteiger partial charge is 0.284 e. The van der Waals surface area contributed by atoms with E-state index in [2.05, 4.69) is 0 Å². The fraction of sp³-hybridized carbons (Fsp3) is 0.250. The van der Waals surface area contributed by atoms with Crippen LogP contribution in [0.3, 0.4) is 0 Å². The van der Waals surface area contributed by atoms with Gasteiger partial charge in [0.2, 0.25) is 0 Å². The molecule has 1 aromatic heterocycles. The summed E-state index contributed by atoms with van der Waals surface area (Å²) in [7, 11) is 3.83. The Kier molecular flexibility index (Phi) is 4.54. The number of carbonyl (C=O) groups excluding carboxylic acids is 1. The van der Waals surface area contributed by atoms with Crippen molar-refractivity contribution in [3.63, 3.8) is 0 Å². The van der Waals surface area contributed by atoms with Gasteiger partial charge in [0, 0.05) is 12.1 Å². The lowest BCUT2D eigenvalue weighted by Crippen LogP contribution is -2.17. The lowest BCUT2D eigenvalue weighted by atomic mass is 10.2. The molecule has 4 nitrogen and oxygen atoms in total. The van der Waals surface area contributed by atoms with Crippen LogP contribution in [0.5, 0.6) is 0 Å². The predicted molar refractivity (Wildman–Crippen MR) is 62.2 cm³/mol. The number of rotatable bonds is 3. The maximum absolute atomic E-state index is 11.3. The van der Waals surface area contributed by atoms with Crippen molar-refractivity contribution in [3.05, 3.63) is 47.9 Å². The number of nitrogens with two attached hydrogens (primary N) is 1. The first-order chi connectivity index (χ1) is 7.61. The van der Waals surface area contributed by atoms with Crippen molar-refractivity contribution in [3.8, 4) is 0 Å². The summed E-state index contributed by atoms with van der Waals surface area (Å²) in [5, 5.41) is 0. The van der Waals surface area contributed by atoms with Gasteiger partial charge in [0.05, 0.1) is 6.26 Å². The van der Waals surface area contributed by atoms with Gasteiger partial charge in [-0.2, -0.15) is 0 Å². The van der Waals surface area contributed by atoms with E-state index in [1.165, 1.54) is 6.26 Å². The van der Waals surface area contributed by atoms with Crippen LogP contribution in [0.15, 0.2) is 41.0 Å². The van der Waals surface area contributed by atoms with Gasteiger partial charge in [0.25, 0.3) is 5.91 Å². The fourth-order valence-corrected chi connectivity index (χ4v) is 1.29. The van der Waals surface area contributed by atoms with Crippen LogP contribution < -0.4 is 5.73 Å². The number of hydrogen-bond donors (Lipinski definition) is 1. The minimum atomic E-state index is -0.562. The largest absolute Gasteiger partial charge is 0.459 e. The standard InChI is InChI=1S/C12H16N2O2/c1-14(2)9-10-7-5-3-4-6-8-16-11(10)12(13)15/h3-8H,9H2,1-2H3,(H2,13,15). The average molecular weight is 220 g/mol. The average Bonchev–Trinajstić information content (AvgIpc) is 2.29. The van der Waals surface area contributed by atoms with E-state index < -0.39 is 5.91 Å². The SMILES string of the molecule is CN(C)Cc1ccccccoc1C(N)=O. The molecule has 1 rings (SSSR count). The summed E-state index contributed by atoms with van der Waals surface area (Å²) < 4.78 is 5.23. The van der Waals surface area contributed by atoms with E-state index in [1.54, 1.807) is 6.07 Å². The van der Waals surface area contributed by atoms with E-state index in [-0.39, 0.29) is 5.76 Å². The number of nitrogens with zero attached hydrogens (tertiary/aromatic N) is 1. The summed E-state index contributed by atoms with van der Waals surface area (Å²) in [5.41, 5.74) is 6.03. The number of primary amides is 1. The quantitative estimate of drug-likeness (QED) is 0.841. The molecule has 2 N–H and O–H groups in total.